The zero-order valence-electron chi connectivity index (χ0n) is 16.6. The van der Waals surface area contributed by atoms with Crippen molar-refractivity contribution in [3.63, 3.8) is 0 Å². The van der Waals surface area contributed by atoms with Gasteiger partial charge in [0.1, 0.15) is 11.3 Å². The molecule has 0 unspecified atom stereocenters. The minimum absolute atomic E-state index is 0.155. The largest absolute Gasteiger partial charge is 0.417 e. The second-order valence-corrected chi connectivity index (χ2v) is 8.12. The zero-order chi connectivity index (χ0) is 20.9. The molecule has 5 rings (SSSR count). The van der Waals surface area contributed by atoms with Crippen LogP contribution >= 0.6 is 0 Å². The Bertz CT molecular complexity index is 1140. The van der Waals surface area contributed by atoms with Crippen LogP contribution in [-0.4, -0.2) is 15.6 Å². The van der Waals surface area contributed by atoms with E-state index >= 15 is 0 Å². The third kappa shape index (κ3) is 3.08. The van der Waals surface area contributed by atoms with Crippen LogP contribution in [0.25, 0.3) is 27.9 Å². The Kier molecular flexibility index (Phi) is 4.39. The van der Waals surface area contributed by atoms with Crippen molar-refractivity contribution in [3.05, 3.63) is 59.4 Å². The molecule has 2 aliphatic rings. The van der Waals surface area contributed by atoms with Crippen LogP contribution in [0.2, 0.25) is 0 Å². The van der Waals surface area contributed by atoms with Crippen LogP contribution in [-0.2, 0) is 11.0 Å². The maximum atomic E-state index is 13.4. The van der Waals surface area contributed by atoms with Gasteiger partial charge in [0.25, 0.3) is 0 Å². The van der Waals surface area contributed by atoms with E-state index in [9.17, 15) is 13.2 Å². The van der Waals surface area contributed by atoms with Crippen LogP contribution in [0, 0.1) is 0 Å². The molecule has 0 saturated heterocycles. The summed E-state index contributed by atoms with van der Waals surface area (Å²) in [6.45, 7) is 2.07. The summed E-state index contributed by atoms with van der Waals surface area (Å²) in [7, 11) is 0. The van der Waals surface area contributed by atoms with Crippen molar-refractivity contribution in [1.29, 1.82) is 0 Å². The van der Waals surface area contributed by atoms with Crippen LogP contribution in [0.3, 0.4) is 0 Å². The van der Waals surface area contributed by atoms with E-state index in [-0.39, 0.29) is 11.2 Å². The highest BCUT2D eigenvalue weighted by atomic mass is 19.4. The van der Waals surface area contributed by atoms with Crippen molar-refractivity contribution < 1.29 is 18.0 Å². The van der Waals surface area contributed by atoms with Crippen LogP contribution in [0.5, 0.6) is 0 Å². The fourth-order valence-corrected chi connectivity index (χ4v) is 4.63. The van der Waals surface area contributed by atoms with E-state index in [4.69, 9.17) is 4.84 Å². The molecule has 1 aromatic heterocycles. The molecule has 4 nitrogen and oxygen atoms in total. The number of alkyl halides is 3. The van der Waals surface area contributed by atoms with Gasteiger partial charge in [0.05, 0.1) is 16.6 Å². The van der Waals surface area contributed by atoms with Crippen molar-refractivity contribution >= 4 is 16.7 Å². The first-order chi connectivity index (χ1) is 14.4. The van der Waals surface area contributed by atoms with E-state index in [1.165, 1.54) is 18.6 Å². The Morgan fingerprint density at radius 3 is 2.57 bits per heavy atom. The van der Waals surface area contributed by atoms with Crippen molar-refractivity contribution in [2.45, 2.75) is 50.8 Å². The summed E-state index contributed by atoms with van der Waals surface area (Å²) in [5.41, 5.74) is 6.13. The predicted molar refractivity (Wildman–Crippen MR) is 109 cm³/mol. The molecule has 2 heterocycles. The van der Waals surface area contributed by atoms with Crippen molar-refractivity contribution in [2.24, 2.45) is 0 Å². The Morgan fingerprint density at radius 1 is 1.03 bits per heavy atom. The fourth-order valence-electron chi connectivity index (χ4n) is 4.63. The maximum absolute atomic E-state index is 13.4. The molecule has 0 amide bonds. The molecule has 7 heteroatoms. The van der Waals surface area contributed by atoms with E-state index in [1.54, 1.807) is 24.3 Å². The van der Waals surface area contributed by atoms with Gasteiger partial charge in [0.2, 0.25) is 0 Å². The van der Waals surface area contributed by atoms with Gasteiger partial charge in [-0.2, -0.15) is 13.2 Å². The molecule has 156 valence electrons. The van der Waals surface area contributed by atoms with Gasteiger partial charge in [-0.15, -0.1) is 0 Å². The minimum atomic E-state index is -4.41. The number of halogens is 3. The number of hydrogen-bond acceptors (Lipinski definition) is 3. The number of fused-ring (bicyclic) bond motifs is 1. The van der Waals surface area contributed by atoms with Gasteiger partial charge in [-0.25, -0.2) is 4.98 Å². The van der Waals surface area contributed by atoms with E-state index in [2.05, 4.69) is 22.4 Å². The first-order valence-corrected chi connectivity index (χ1v) is 10.2. The molecular weight excluding hydrogens is 391 g/mol. The van der Waals surface area contributed by atoms with Crippen molar-refractivity contribution in [3.8, 4) is 11.1 Å². The molecule has 30 heavy (non-hydrogen) atoms. The van der Waals surface area contributed by atoms with Crippen LogP contribution in [0.1, 0.15) is 50.4 Å². The van der Waals surface area contributed by atoms with Crippen LogP contribution in [0.4, 0.5) is 13.2 Å². The Balaban J connectivity index is 1.55. The van der Waals surface area contributed by atoms with Crippen LogP contribution in [0.15, 0.2) is 48.0 Å². The highest BCUT2D eigenvalue weighted by Crippen LogP contribution is 2.43. The normalized spacial score (nSPS) is 18.9. The molecule has 1 aliphatic carbocycles. The summed E-state index contributed by atoms with van der Waals surface area (Å²) in [5, 5.41) is 0. The average Bonchev–Trinajstić information content (AvgIpc) is 3.29. The number of nitrogens with zero attached hydrogens (tertiary/aromatic N) is 1. The number of benzene rings is 2. The molecule has 1 spiro atoms. The molecule has 0 atom stereocenters. The highest BCUT2D eigenvalue weighted by Gasteiger charge is 2.42. The molecule has 3 aromatic rings. The lowest BCUT2D eigenvalue weighted by molar-refractivity contribution is -0.137. The van der Waals surface area contributed by atoms with Gasteiger partial charge in [0, 0.05) is 0 Å². The minimum Gasteiger partial charge on any atom is -0.337 e. The number of hydrogen-bond donors (Lipinski definition) is 2. The SMILES string of the molecule is CC1=C(c2nc3ccc(-c4ccccc4C(F)(F)F)cc3[nH]2)NOC12CCCCC2. The van der Waals surface area contributed by atoms with Gasteiger partial charge < -0.3 is 4.98 Å². The Labute approximate surface area is 172 Å². The summed E-state index contributed by atoms with van der Waals surface area (Å²) in [6, 6.07) is 10.8. The summed E-state index contributed by atoms with van der Waals surface area (Å²) in [5.74, 6) is 0.645. The molecule has 2 aromatic carbocycles. The predicted octanol–water partition coefficient (Wildman–Crippen LogP) is 6.22. The molecule has 2 N–H and O–H groups in total. The summed E-state index contributed by atoms with van der Waals surface area (Å²) >= 11 is 0. The molecule has 1 aliphatic heterocycles. The Morgan fingerprint density at radius 2 is 1.80 bits per heavy atom. The molecule has 0 bridgehead atoms. The van der Waals surface area contributed by atoms with E-state index in [1.807, 2.05) is 0 Å². The molecule has 1 saturated carbocycles. The topological polar surface area (TPSA) is 49.9 Å². The summed E-state index contributed by atoms with van der Waals surface area (Å²) in [4.78, 5) is 13.9. The zero-order valence-corrected chi connectivity index (χ0v) is 16.6. The standard InChI is InChI=1S/C23H22F3N3O/c1-14-20(29-30-22(14)11-5-2-6-12-22)21-27-18-10-9-15(13-19(18)28-21)16-7-3-4-8-17(16)23(24,25)26/h3-4,7-10,13,29H,2,5-6,11-12H2,1H3,(H,27,28). The lowest BCUT2D eigenvalue weighted by Crippen LogP contribution is -2.34. The summed E-state index contributed by atoms with van der Waals surface area (Å²) in [6.07, 6.45) is 1.04. The summed E-state index contributed by atoms with van der Waals surface area (Å²) < 4.78 is 40.3. The van der Waals surface area contributed by atoms with Gasteiger partial charge in [0.15, 0.2) is 5.82 Å². The highest BCUT2D eigenvalue weighted by molar-refractivity contribution is 5.85. The van der Waals surface area contributed by atoms with Crippen molar-refractivity contribution in [2.75, 3.05) is 0 Å². The smallest absolute Gasteiger partial charge is 0.337 e. The number of H-pyrrole nitrogens is 1. The third-order valence-electron chi connectivity index (χ3n) is 6.33. The van der Waals surface area contributed by atoms with Gasteiger partial charge in [-0.3, -0.25) is 10.3 Å². The molecule has 0 radical (unpaired) electrons. The average molecular weight is 413 g/mol. The first-order valence-electron chi connectivity index (χ1n) is 10.2. The van der Waals surface area contributed by atoms with Gasteiger partial charge in [-0.1, -0.05) is 43.5 Å². The van der Waals surface area contributed by atoms with E-state index in [0.717, 1.165) is 43.0 Å². The lowest BCUT2D eigenvalue weighted by Gasteiger charge is -2.32. The number of rotatable bonds is 2. The van der Waals surface area contributed by atoms with Gasteiger partial charge >= 0.3 is 6.18 Å². The number of aromatic nitrogens is 2. The number of hydroxylamine groups is 1. The first kappa shape index (κ1) is 19.2. The quantitative estimate of drug-likeness (QED) is 0.525. The number of aromatic amines is 1. The van der Waals surface area contributed by atoms with Crippen molar-refractivity contribution in [1.82, 2.24) is 15.4 Å². The molecular formula is C23H22F3N3O. The van der Waals surface area contributed by atoms with Crippen LogP contribution < -0.4 is 5.48 Å². The third-order valence-corrected chi connectivity index (χ3v) is 6.33. The second-order valence-electron chi connectivity index (χ2n) is 8.12. The van der Waals surface area contributed by atoms with E-state index < -0.39 is 11.7 Å². The van der Waals surface area contributed by atoms with E-state index in [0.29, 0.717) is 22.4 Å². The maximum Gasteiger partial charge on any atom is 0.417 e. The Hall–Kier alpha value is -2.80. The lowest BCUT2D eigenvalue weighted by atomic mass is 9.79. The van der Waals surface area contributed by atoms with Gasteiger partial charge in [-0.05, 0) is 54.7 Å². The monoisotopic (exact) mass is 413 g/mol. The second kappa shape index (κ2) is 6.87. The molecule has 1 fully saturated rings. The number of imidazole rings is 1. The number of nitrogens with one attached hydrogen (secondary N) is 2. The fraction of sp³-hybridized carbons (Fsp3) is 0.348.